The van der Waals surface area contributed by atoms with Gasteiger partial charge < -0.3 is 4.74 Å². The van der Waals surface area contributed by atoms with Crippen LogP contribution in [0.4, 0.5) is 0 Å². The van der Waals surface area contributed by atoms with Crippen LogP contribution in [0, 0.1) is 11.3 Å². The molecule has 0 amide bonds. The van der Waals surface area contributed by atoms with Crippen molar-refractivity contribution >= 4 is 17.9 Å². The van der Waals surface area contributed by atoms with Gasteiger partial charge in [-0.3, -0.25) is 4.79 Å². The van der Waals surface area contributed by atoms with Gasteiger partial charge in [0.1, 0.15) is 18.1 Å². The summed E-state index contributed by atoms with van der Waals surface area (Å²) in [6.07, 6.45) is 0.782. The van der Waals surface area contributed by atoms with Crippen molar-refractivity contribution in [2.24, 2.45) is 0 Å². The average molecular weight is 224 g/mol. The molecule has 0 aliphatic rings. The highest BCUT2D eigenvalue weighted by Gasteiger charge is 2.09. The van der Waals surface area contributed by atoms with Crippen molar-refractivity contribution in [3.05, 3.63) is 28.8 Å². The first-order chi connectivity index (χ1) is 7.21. The van der Waals surface area contributed by atoms with Gasteiger partial charge in [0.05, 0.1) is 5.02 Å². The fourth-order valence-corrected chi connectivity index (χ4v) is 1.27. The van der Waals surface area contributed by atoms with Gasteiger partial charge in [0.15, 0.2) is 6.10 Å². The van der Waals surface area contributed by atoms with Gasteiger partial charge in [-0.1, -0.05) is 18.5 Å². The van der Waals surface area contributed by atoms with Crippen LogP contribution < -0.4 is 4.74 Å². The largest absolute Gasteiger partial charge is 0.474 e. The number of ether oxygens (including phenoxy) is 1. The number of nitrogens with zero attached hydrogens (tertiary/aromatic N) is 1. The van der Waals surface area contributed by atoms with Gasteiger partial charge in [-0.15, -0.1) is 0 Å². The van der Waals surface area contributed by atoms with Gasteiger partial charge in [0.2, 0.25) is 0 Å². The molecule has 3 nitrogen and oxygen atoms in total. The van der Waals surface area contributed by atoms with E-state index in [1.54, 1.807) is 12.1 Å². The molecule has 1 rings (SSSR count). The Balaban J connectivity index is 2.87. The molecule has 1 aromatic rings. The third kappa shape index (κ3) is 2.97. The van der Waals surface area contributed by atoms with E-state index in [1.165, 1.54) is 6.07 Å². The lowest BCUT2D eigenvalue weighted by Gasteiger charge is -2.11. The van der Waals surface area contributed by atoms with Gasteiger partial charge in [0, 0.05) is 5.56 Å². The molecular formula is C11H10ClNO2. The summed E-state index contributed by atoms with van der Waals surface area (Å²) < 4.78 is 5.33. The van der Waals surface area contributed by atoms with Crippen LogP contribution in [0.15, 0.2) is 18.2 Å². The lowest BCUT2D eigenvalue weighted by Crippen LogP contribution is -2.12. The van der Waals surface area contributed by atoms with E-state index in [2.05, 4.69) is 0 Å². The lowest BCUT2D eigenvalue weighted by atomic mass is 10.2. The van der Waals surface area contributed by atoms with E-state index in [4.69, 9.17) is 21.6 Å². The zero-order valence-corrected chi connectivity index (χ0v) is 8.99. The topological polar surface area (TPSA) is 50.1 Å². The Hall–Kier alpha value is -1.53. The minimum Gasteiger partial charge on any atom is -0.474 e. The summed E-state index contributed by atoms with van der Waals surface area (Å²) in [5.74, 6) is 0.427. The van der Waals surface area contributed by atoms with Gasteiger partial charge in [-0.05, 0) is 24.6 Å². The number of halogens is 1. The van der Waals surface area contributed by atoms with E-state index in [-0.39, 0.29) is 0 Å². The molecule has 1 atom stereocenters. The van der Waals surface area contributed by atoms with E-state index in [0.717, 1.165) is 0 Å². The number of hydrogen-bond acceptors (Lipinski definition) is 3. The van der Waals surface area contributed by atoms with Gasteiger partial charge in [0.25, 0.3) is 0 Å². The first kappa shape index (κ1) is 11.5. The summed E-state index contributed by atoms with van der Waals surface area (Å²) in [5.41, 5.74) is 0.484. The summed E-state index contributed by atoms with van der Waals surface area (Å²) in [5, 5.41) is 9.05. The summed E-state index contributed by atoms with van der Waals surface area (Å²) in [7, 11) is 0. The monoisotopic (exact) mass is 223 g/mol. The molecule has 0 saturated carbocycles. The van der Waals surface area contributed by atoms with Crippen LogP contribution >= 0.6 is 11.6 Å². The van der Waals surface area contributed by atoms with Crippen molar-refractivity contribution in [3.8, 4) is 11.8 Å². The molecule has 78 valence electrons. The molecular weight excluding hydrogens is 214 g/mol. The lowest BCUT2D eigenvalue weighted by molar-refractivity contribution is 0.112. The van der Waals surface area contributed by atoms with Crippen LogP contribution in [-0.2, 0) is 0 Å². The molecule has 0 spiro atoms. The molecule has 1 aromatic carbocycles. The van der Waals surface area contributed by atoms with Gasteiger partial charge in [-0.25, -0.2) is 0 Å². The molecule has 15 heavy (non-hydrogen) atoms. The quantitative estimate of drug-likeness (QED) is 0.738. The zero-order valence-electron chi connectivity index (χ0n) is 8.24. The van der Waals surface area contributed by atoms with Crippen molar-refractivity contribution in [1.29, 1.82) is 5.26 Å². The Kier molecular flexibility index (Phi) is 4.14. The molecule has 0 bridgehead atoms. The SMILES string of the molecule is CCC(C#N)Oc1ccc(C=O)cc1Cl. The molecule has 0 fully saturated rings. The van der Waals surface area contributed by atoms with Crippen molar-refractivity contribution in [1.82, 2.24) is 0 Å². The number of nitriles is 1. The van der Waals surface area contributed by atoms with Crippen molar-refractivity contribution in [3.63, 3.8) is 0 Å². The van der Waals surface area contributed by atoms with Crippen LogP contribution in [0.2, 0.25) is 5.02 Å². The summed E-state index contributed by atoms with van der Waals surface area (Å²) in [4.78, 5) is 10.5. The van der Waals surface area contributed by atoms with E-state index in [1.807, 2.05) is 13.0 Å². The van der Waals surface area contributed by atoms with Crippen molar-refractivity contribution in [2.45, 2.75) is 19.4 Å². The highest BCUT2D eigenvalue weighted by Crippen LogP contribution is 2.26. The maximum absolute atomic E-state index is 10.5. The molecule has 4 heteroatoms. The Morgan fingerprint density at radius 3 is 2.87 bits per heavy atom. The molecule has 1 unspecified atom stereocenters. The number of carbonyl (C=O) groups excluding carboxylic acids is 1. The maximum Gasteiger partial charge on any atom is 0.184 e. The minimum absolute atomic E-state index is 0.341. The highest BCUT2D eigenvalue weighted by molar-refractivity contribution is 6.32. The van der Waals surface area contributed by atoms with E-state index >= 15 is 0 Å². The Morgan fingerprint density at radius 2 is 2.40 bits per heavy atom. The standard InChI is InChI=1S/C11H10ClNO2/c1-2-9(6-13)15-11-4-3-8(7-14)5-10(11)12/h3-5,7,9H,2H2,1H3. The van der Waals surface area contributed by atoms with Crippen LogP contribution in [0.1, 0.15) is 23.7 Å². The van der Waals surface area contributed by atoms with Crippen LogP contribution in [0.25, 0.3) is 0 Å². The maximum atomic E-state index is 10.5. The second-order valence-corrected chi connectivity index (χ2v) is 3.36. The Morgan fingerprint density at radius 1 is 1.67 bits per heavy atom. The first-order valence-corrected chi connectivity index (χ1v) is 4.90. The number of hydrogen-bond donors (Lipinski definition) is 0. The fraction of sp³-hybridized carbons (Fsp3) is 0.273. The molecule has 0 aliphatic heterocycles. The molecule has 0 radical (unpaired) electrons. The smallest absolute Gasteiger partial charge is 0.184 e. The fourth-order valence-electron chi connectivity index (χ4n) is 1.04. The summed E-state index contributed by atoms with van der Waals surface area (Å²) >= 11 is 5.87. The summed E-state index contributed by atoms with van der Waals surface area (Å²) in [6, 6.07) is 6.70. The Bertz CT molecular complexity index is 398. The average Bonchev–Trinajstić information content (AvgIpc) is 2.27. The van der Waals surface area contributed by atoms with Gasteiger partial charge in [-0.2, -0.15) is 5.26 Å². The van der Waals surface area contributed by atoms with Crippen LogP contribution in [-0.4, -0.2) is 12.4 Å². The Labute approximate surface area is 93.2 Å². The molecule has 0 aromatic heterocycles. The predicted molar refractivity (Wildman–Crippen MR) is 57.2 cm³/mol. The van der Waals surface area contributed by atoms with E-state index in [9.17, 15) is 4.79 Å². The number of benzene rings is 1. The van der Waals surface area contributed by atoms with Crippen molar-refractivity contribution < 1.29 is 9.53 Å². The molecule has 0 saturated heterocycles. The molecule has 0 aliphatic carbocycles. The normalized spacial score (nSPS) is 11.5. The number of aldehydes is 1. The summed E-state index contributed by atoms with van der Waals surface area (Å²) in [6.45, 7) is 1.85. The number of rotatable bonds is 4. The van der Waals surface area contributed by atoms with Crippen LogP contribution in [0.3, 0.4) is 0 Å². The van der Waals surface area contributed by atoms with E-state index < -0.39 is 6.10 Å². The third-order valence-corrected chi connectivity index (χ3v) is 2.17. The van der Waals surface area contributed by atoms with Crippen LogP contribution in [0.5, 0.6) is 5.75 Å². The third-order valence-electron chi connectivity index (χ3n) is 1.88. The van der Waals surface area contributed by atoms with Gasteiger partial charge >= 0.3 is 0 Å². The molecule has 0 heterocycles. The second kappa shape index (κ2) is 5.38. The number of carbonyl (C=O) groups is 1. The first-order valence-electron chi connectivity index (χ1n) is 4.52. The predicted octanol–water partition coefficient (Wildman–Crippen LogP) is 2.83. The highest BCUT2D eigenvalue weighted by atomic mass is 35.5. The minimum atomic E-state index is -0.510. The second-order valence-electron chi connectivity index (χ2n) is 2.95. The zero-order chi connectivity index (χ0) is 11.3. The molecule has 0 N–H and O–H groups in total. The van der Waals surface area contributed by atoms with E-state index in [0.29, 0.717) is 29.0 Å². The van der Waals surface area contributed by atoms with Crippen molar-refractivity contribution in [2.75, 3.05) is 0 Å².